The number of amides is 2. The van der Waals surface area contributed by atoms with Gasteiger partial charge in [0, 0.05) is 42.7 Å². The lowest BCUT2D eigenvalue weighted by molar-refractivity contribution is -0.119. The van der Waals surface area contributed by atoms with E-state index in [4.69, 9.17) is 23.2 Å². The molecular weight excluding hydrogens is 275 g/mol. The maximum absolute atomic E-state index is 11.6. The van der Waals surface area contributed by atoms with Crippen molar-refractivity contribution in [1.82, 2.24) is 5.32 Å². The topological polar surface area (TPSA) is 49.4 Å². The zero-order valence-electron chi connectivity index (χ0n) is 10.2. The zero-order valence-corrected chi connectivity index (χ0v) is 11.7. The molecule has 1 aromatic carbocycles. The summed E-state index contributed by atoms with van der Waals surface area (Å²) in [6.07, 6.45) is 0. The van der Waals surface area contributed by atoms with E-state index in [0.717, 1.165) is 0 Å². The summed E-state index contributed by atoms with van der Waals surface area (Å²) in [7, 11) is 0. The molecule has 1 aromatic rings. The Balaban J connectivity index is 2.83. The van der Waals surface area contributed by atoms with Crippen LogP contribution in [0.15, 0.2) is 18.2 Å². The molecule has 1 rings (SSSR count). The molecule has 0 spiro atoms. The van der Waals surface area contributed by atoms with Crippen molar-refractivity contribution in [3.63, 3.8) is 0 Å². The van der Waals surface area contributed by atoms with Crippen molar-refractivity contribution in [1.29, 1.82) is 0 Å². The van der Waals surface area contributed by atoms with Crippen LogP contribution in [0.1, 0.15) is 13.8 Å². The Kier molecular flexibility index (Phi) is 5.44. The largest absolute Gasteiger partial charge is 0.355 e. The Hall–Kier alpha value is -1.26. The van der Waals surface area contributed by atoms with Gasteiger partial charge in [-0.2, -0.15) is 0 Å². The highest BCUT2D eigenvalue weighted by molar-refractivity contribution is 6.35. The van der Waals surface area contributed by atoms with Gasteiger partial charge in [0.2, 0.25) is 11.8 Å². The van der Waals surface area contributed by atoms with Crippen LogP contribution in [0.4, 0.5) is 5.69 Å². The number of hydrogen-bond donors (Lipinski definition) is 1. The number of benzene rings is 1. The minimum Gasteiger partial charge on any atom is -0.355 e. The molecule has 1 N–H and O–H groups in total. The standard InChI is InChI=1S/C12H14Cl2N2O2/c1-8(17)15-3-4-16(9(2)18)12-6-10(13)5-11(14)7-12/h5-7H,3-4H2,1-2H3,(H,15,17). The molecule has 0 aliphatic heterocycles. The molecular formula is C12H14Cl2N2O2. The van der Waals surface area contributed by atoms with E-state index < -0.39 is 0 Å². The Morgan fingerprint density at radius 1 is 1.17 bits per heavy atom. The number of carbonyl (C=O) groups excluding carboxylic acids is 2. The second kappa shape index (κ2) is 6.61. The monoisotopic (exact) mass is 288 g/mol. The van der Waals surface area contributed by atoms with Gasteiger partial charge < -0.3 is 10.2 Å². The maximum atomic E-state index is 11.6. The van der Waals surface area contributed by atoms with E-state index in [2.05, 4.69) is 5.32 Å². The average Bonchev–Trinajstić information content (AvgIpc) is 2.21. The summed E-state index contributed by atoms with van der Waals surface area (Å²) in [5.74, 6) is -0.277. The Morgan fingerprint density at radius 3 is 2.17 bits per heavy atom. The highest BCUT2D eigenvalue weighted by atomic mass is 35.5. The summed E-state index contributed by atoms with van der Waals surface area (Å²) in [6, 6.07) is 4.91. The van der Waals surface area contributed by atoms with Crippen molar-refractivity contribution >= 4 is 40.7 Å². The summed E-state index contributed by atoms with van der Waals surface area (Å²) in [5.41, 5.74) is 0.616. The Morgan fingerprint density at radius 2 is 1.72 bits per heavy atom. The van der Waals surface area contributed by atoms with Gasteiger partial charge in [-0.05, 0) is 18.2 Å². The van der Waals surface area contributed by atoms with Gasteiger partial charge in [-0.3, -0.25) is 9.59 Å². The lowest BCUT2D eigenvalue weighted by Gasteiger charge is -2.21. The van der Waals surface area contributed by atoms with E-state index in [0.29, 0.717) is 28.8 Å². The molecule has 0 bridgehead atoms. The van der Waals surface area contributed by atoms with Gasteiger partial charge in [0.25, 0.3) is 0 Å². The minimum absolute atomic E-state index is 0.136. The number of anilines is 1. The predicted octanol–water partition coefficient (Wildman–Crippen LogP) is 2.48. The summed E-state index contributed by atoms with van der Waals surface area (Å²) >= 11 is 11.8. The third-order valence-electron chi connectivity index (χ3n) is 2.25. The third kappa shape index (κ3) is 4.55. The summed E-state index contributed by atoms with van der Waals surface area (Å²) in [4.78, 5) is 23.9. The highest BCUT2D eigenvalue weighted by Gasteiger charge is 2.12. The van der Waals surface area contributed by atoms with Gasteiger partial charge in [0.1, 0.15) is 0 Å². The predicted molar refractivity (Wildman–Crippen MR) is 73.2 cm³/mol. The van der Waals surface area contributed by atoms with Crippen LogP contribution >= 0.6 is 23.2 Å². The number of halogens is 2. The van der Waals surface area contributed by atoms with Crippen LogP contribution in [0.2, 0.25) is 10.0 Å². The SMILES string of the molecule is CC(=O)NCCN(C(C)=O)c1cc(Cl)cc(Cl)c1. The fourth-order valence-electron chi connectivity index (χ4n) is 1.51. The second-order valence-electron chi connectivity index (χ2n) is 3.78. The van der Waals surface area contributed by atoms with Crippen LogP contribution in [0.25, 0.3) is 0 Å². The van der Waals surface area contributed by atoms with Crippen LogP contribution in [0, 0.1) is 0 Å². The molecule has 18 heavy (non-hydrogen) atoms. The molecule has 6 heteroatoms. The summed E-state index contributed by atoms with van der Waals surface area (Å²) < 4.78 is 0. The molecule has 0 atom stereocenters. The summed E-state index contributed by atoms with van der Waals surface area (Å²) in [6.45, 7) is 3.61. The Bertz CT molecular complexity index is 443. The van der Waals surface area contributed by atoms with Crippen LogP contribution in [-0.2, 0) is 9.59 Å². The molecule has 0 aliphatic rings. The Labute approximate surface area is 116 Å². The lowest BCUT2D eigenvalue weighted by atomic mass is 10.2. The quantitative estimate of drug-likeness (QED) is 0.925. The van der Waals surface area contributed by atoms with Gasteiger partial charge in [0.15, 0.2) is 0 Å². The fraction of sp³-hybridized carbons (Fsp3) is 0.333. The molecule has 0 saturated carbocycles. The van der Waals surface area contributed by atoms with E-state index in [1.807, 2.05) is 0 Å². The van der Waals surface area contributed by atoms with Crippen molar-refractivity contribution in [2.24, 2.45) is 0 Å². The van der Waals surface area contributed by atoms with Crippen LogP contribution in [0.3, 0.4) is 0 Å². The molecule has 0 aromatic heterocycles. The van der Waals surface area contributed by atoms with Crippen molar-refractivity contribution < 1.29 is 9.59 Å². The first-order valence-electron chi connectivity index (χ1n) is 5.39. The molecule has 98 valence electrons. The number of nitrogens with one attached hydrogen (secondary N) is 1. The van der Waals surface area contributed by atoms with E-state index in [1.165, 1.54) is 18.7 Å². The van der Waals surface area contributed by atoms with Crippen LogP contribution < -0.4 is 10.2 Å². The normalized spacial score (nSPS) is 10.0. The number of rotatable bonds is 4. The van der Waals surface area contributed by atoms with Crippen molar-refractivity contribution in [2.75, 3.05) is 18.0 Å². The maximum Gasteiger partial charge on any atom is 0.223 e. The third-order valence-corrected chi connectivity index (χ3v) is 2.68. The molecule has 2 amide bonds. The lowest BCUT2D eigenvalue weighted by Crippen LogP contribution is -2.36. The van der Waals surface area contributed by atoms with Crippen molar-refractivity contribution in [2.45, 2.75) is 13.8 Å². The van der Waals surface area contributed by atoms with Gasteiger partial charge in [-0.1, -0.05) is 23.2 Å². The van der Waals surface area contributed by atoms with E-state index in [-0.39, 0.29) is 11.8 Å². The molecule has 4 nitrogen and oxygen atoms in total. The van der Waals surface area contributed by atoms with Crippen molar-refractivity contribution in [3.8, 4) is 0 Å². The molecule has 0 heterocycles. The number of carbonyl (C=O) groups is 2. The first kappa shape index (κ1) is 14.8. The highest BCUT2D eigenvalue weighted by Crippen LogP contribution is 2.25. The molecule has 0 aliphatic carbocycles. The zero-order chi connectivity index (χ0) is 13.7. The minimum atomic E-state index is -0.140. The first-order valence-corrected chi connectivity index (χ1v) is 6.14. The number of hydrogen-bond acceptors (Lipinski definition) is 2. The van der Waals surface area contributed by atoms with Crippen LogP contribution in [-0.4, -0.2) is 24.9 Å². The fourth-order valence-corrected chi connectivity index (χ4v) is 2.02. The van der Waals surface area contributed by atoms with E-state index in [9.17, 15) is 9.59 Å². The van der Waals surface area contributed by atoms with Gasteiger partial charge in [-0.15, -0.1) is 0 Å². The van der Waals surface area contributed by atoms with E-state index >= 15 is 0 Å². The van der Waals surface area contributed by atoms with Crippen LogP contribution in [0.5, 0.6) is 0 Å². The average molecular weight is 289 g/mol. The van der Waals surface area contributed by atoms with Gasteiger partial charge >= 0.3 is 0 Å². The second-order valence-corrected chi connectivity index (χ2v) is 4.65. The molecule has 0 fully saturated rings. The molecule has 0 unspecified atom stereocenters. The van der Waals surface area contributed by atoms with Gasteiger partial charge in [0.05, 0.1) is 0 Å². The molecule has 0 radical (unpaired) electrons. The molecule has 0 saturated heterocycles. The smallest absolute Gasteiger partial charge is 0.223 e. The van der Waals surface area contributed by atoms with Gasteiger partial charge in [-0.25, -0.2) is 0 Å². The summed E-state index contributed by atoms with van der Waals surface area (Å²) in [5, 5.41) is 3.55. The first-order chi connectivity index (χ1) is 8.40. The van der Waals surface area contributed by atoms with E-state index in [1.54, 1.807) is 18.2 Å². The number of nitrogens with zero attached hydrogens (tertiary/aromatic N) is 1. The van der Waals surface area contributed by atoms with Crippen molar-refractivity contribution in [3.05, 3.63) is 28.2 Å².